The quantitative estimate of drug-likeness (QED) is 0.655. The van der Waals surface area contributed by atoms with E-state index in [9.17, 15) is 0 Å². The first-order valence-electron chi connectivity index (χ1n) is 7.66. The number of nitrogens with zero attached hydrogens (tertiary/aromatic N) is 4. The van der Waals surface area contributed by atoms with Gasteiger partial charge in [0.05, 0.1) is 6.20 Å². The van der Waals surface area contributed by atoms with Gasteiger partial charge in [0.1, 0.15) is 0 Å². The molecule has 0 atom stereocenters. The molecule has 0 saturated carbocycles. The Morgan fingerprint density at radius 3 is 2.90 bits per heavy atom. The van der Waals surface area contributed by atoms with Crippen LogP contribution in [0.15, 0.2) is 17.4 Å². The number of nitrogens with one attached hydrogen (secondary N) is 1. The largest absolute Gasteiger partial charge is 0.381 e. The molecule has 1 saturated heterocycles. The van der Waals surface area contributed by atoms with Gasteiger partial charge in [0.25, 0.3) is 0 Å². The summed E-state index contributed by atoms with van der Waals surface area (Å²) >= 11 is 0. The van der Waals surface area contributed by atoms with Crippen molar-refractivity contribution in [1.82, 2.24) is 20.0 Å². The first-order valence-corrected chi connectivity index (χ1v) is 7.66. The molecular weight excluding hydrogens is 266 g/mol. The van der Waals surface area contributed by atoms with Crippen molar-refractivity contribution in [3.63, 3.8) is 0 Å². The van der Waals surface area contributed by atoms with E-state index in [-0.39, 0.29) is 0 Å². The number of aliphatic imine (C=N–C) groups is 1. The first-order chi connectivity index (χ1) is 10.2. The lowest BCUT2D eigenvalue weighted by atomic mass is 9.97. The van der Waals surface area contributed by atoms with Crippen molar-refractivity contribution in [3.05, 3.63) is 18.0 Å². The van der Waals surface area contributed by atoms with E-state index >= 15 is 0 Å². The Hall–Kier alpha value is -1.56. The summed E-state index contributed by atoms with van der Waals surface area (Å²) in [6, 6.07) is 0. The van der Waals surface area contributed by atoms with Crippen LogP contribution in [0.2, 0.25) is 0 Å². The summed E-state index contributed by atoms with van der Waals surface area (Å²) in [5.74, 6) is 1.72. The number of hydrogen-bond donors (Lipinski definition) is 1. The molecule has 0 amide bonds. The number of ether oxygens (including phenoxy) is 1. The molecule has 21 heavy (non-hydrogen) atoms. The highest BCUT2D eigenvalue weighted by Gasteiger charge is 2.14. The predicted octanol–water partition coefficient (Wildman–Crippen LogP) is 1.24. The van der Waals surface area contributed by atoms with Crippen LogP contribution in [0.4, 0.5) is 0 Å². The van der Waals surface area contributed by atoms with Gasteiger partial charge >= 0.3 is 0 Å². The van der Waals surface area contributed by atoms with Crippen LogP contribution in [-0.4, -0.2) is 54.5 Å². The Labute approximate surface area is 127 Å². The van der Waals surface area contributed by atoms with Gasteiger partial charge in [0.15, 0.2) is 5.96 Å². The molecule has 6 heteroatoms. The number of aryl methyl sites for hydroxylation is 1. The molecule has 1 aliphatic rings. The summed E-state index contributed by atoms with van der Waals surface area (Å²) < 4.78 is 7.22. The molecule has 6 nitrogen and oxygen atoms in total. The maximum Gasteiger partial charge on any atom is 0.193 e. The van der Waals surface area contributed by atoms with Gasteiger partial charge in [-0.15, -0.1) is 0 Å². The van der Waals surface area contributed by atoms with Crippen LogP contribution in [-0.2, 0) is 18.3 Å². The Kier molecular flexibility index (Phi) is 6.04. The number of hydrogen-bond acceptors (Lipinski definition) is 3. The molecule has 1 aromatic heterocycles. The Morgan fingerprint density at radius 1 is 1.52 bits per heavy atom. The van der Waals surface area contributed by atoms with Crippen molar-refractivity contribution < 1.29 is 4.74 Å². The van der Waals surface area contributed by atoms with Crippen molar-refractivity contribution in [1.29, 1.82) is 0 Å². The van der Waals surface area contributed by atoms with E-state index in [4.69, 9.17) is 4.74 Å². The Bertz CT molecular complexity index is 451. The standard InChI is InChI=1S/C15H27N5O/c1-16-15(17-7-4-13-5-8-21-9-6-13)19(2)11-14-10-18-20(3)12-14/h10,12-13H,4-9,11H2,1-3H3,(H,16,17). The minimum Gasteiger partial charge on any atom is -0.381 e. The number of guanidine groups is 1. The zero-order chi connectivity index (χ0) is 15.1. The predicted molar refractivity (Wildman–Crippen MR) is 84.2 cm³/mol. The van der Waals surface area contributed by atoms with E-state index in [1.54, 1.807) is 0 Å². The van der Waals surface area contributed by atoms with Crippen LogP contribution in [0.25, 0.3) is 0 Å². The molecular formula is C15H27N5O. The molecule has 1 N–H and O–H groups in total. The second kappa shape index (κ2) is 8.02. The van der Waals surface area contributed by atoms with E-state index in [1.165, 1.54) is 24.8 Å². The van der Waals surface area contributed by atoms with Crippen LogP contribution >= 0.6 is 0 Å². The molecule has 2 rings (SSSR count). The summed E-state index contributed by atoms with van der Waals surface area (Å²) in [6.07, 6.45) is 7.48. The van der Waals surface area contributed by atoms with E-state index in [0.717, 1.165) is 38.2 Å². The lowest BCUT2D eigenvalue weighted by molar-refractivity contribution is 0.0643. The number of rotatable bonds is 5. The zero-order valence-electron chi connectivity index (χ0n) is 13.4. The second-order valence-corrected chi connectivity index (χ2v) is 5.70. The van der Waals surface area contributed by atoms with Gasteiger partial charge < -0.3 is 15.0 Å². The number of aromatic nitrogens is 2. The molecule has 0 aromatic carbocycles. The molecule has 1 fully saturated rings. The lowest BCUT2D eigenvalue weighted by Crippen LogP contribution is -2.39. The fourth-order valence-electron chi connectivity index (χ4n) is 2.71. The van der Waals surface area contributed by atoms with Gasteiger partial charge in [-0.25, -0.2) is 0 Å². The van der Waals surface area contributed by atoms with Gasteiger partial charge in [0.2, 0.25) is 0 Å². The maximum atomic E-state index is 5.39. The third-order valence-corrected chi connectivity index (χ3v) is 3.93. The third kappa shape index (κ3) is 5.04. The van der Waals surface area contributed by atoms with Crippen LogP contribution in [0, 0.1) is 5.92 Å². The van der Waals surface area contributed by atoms with Crippen LogP contribution in [0.1, 0.15) is 24.8 Å². The van der Waals surface area contributed by atoms with Crippen LogP contribution in [0.5, 0.6) is 0 Å². The summed E-state index contributed by atoms with van der Waals surface area (Å²) in [4.78, 5) is 6.48. The Balaban J connectivity index is 1.74. The molecule has 0 spiro atoms. The topological polar surface area (TPSA) is 54.7 Å². The monoisotopic (exact) mass is 293 g/mol. The Morgan fingerprint density at radius 2 is 2.29 bits per heavy atom. The van der Waals surface area contributed by atoms with E-state index in [0.29, 0.717) is 0 Å². The minimum atomic E-state index is 0.785. The smallest absolute Gasteiger partial charge is 0.193 e. The molecule has 1 aromatic rings. The summed E-state index contributed by atoms with van der Waals surface area (Å²) in [7, 11) is 5.82. The van der Waals surface area contributed by atoms with Crippen molar-refractivity contribution in [2.45, 2.75) is 25.8 Å². The normalized spacial score (nSPS) is 17.0. The van der Waals surface area contributed by atoms with Gasteiger partial charge in [-0.3, -0.25) is 9.67 Å². The van der Waals surface area contributed by atoms with Gasteiger partial charge in [-0.1, -0.05) is 0 Å². The summed E-state index contributed by atoms with van der Waals surface area (Å²) in [6.45, 7) is 3.61. The first kappa shape index (κ1) is 15.8. The van der Waals surface area contributed by atoms with Crippen molar-refractivity contribution in [2.75, 3.05) is 33.9 Å². The zero-order valence-corrected chi connectivity index (χ0v) is 13.4. The average molecular weight is 293 g/mol. The molecule has 0 unspecified atom stereocenters. The van der Waals surface area contributed by atoms with Gasteiger partial charge in [-0.2, -0.15) is 5.10 Å². The SMILES string of the molecule is CN=C(NCCC1CCOCC1)N(C)Cc1cnn(C)c1. The molecule has 0 bridgehead atoms. The average Bonchev–Trinajstić information content (AvgIpc) is 2.89. The summed E-state index contributed by atoms with van der Waals surface area (Å²) in [5, 5.41) is 7.65. The summed E-state index contributed by atoms with van der Waals surface area (Å²) in [5.41, 5.74) is 1.19. The van der Waals surface area contributed by atoms with E-state index in [1.807, 2.05) is 31.2 Å². The van der Waals surface area contributed by atoms with E-state index in [2.05, 4.69) is 27.4 Å². The van der Waals surface area contributed by atoms with Gasteiger partial charge in [-0.05, 0) is 25.2 Å². The van der Waals surface area contributed by atoms with Crippen molar-refractivity contribution in [3.8, 4) is 0 Å². The molecule has 0 aliphatic carbocycles. The fourth-order valence-corrected chi connectivity index (χ4v) is 2.71. The van der Waals surface area contributed by atoms with Crippen LogP contribution in [0.3, 0.4) is 0 Å². The van der Waals surface area contributed by atoms with Crippen LogP contribution < -0.4 is 5.32 Å². The van der Waals surface area contributed by atoms with E-state index < -0.39 is 0 Å². The second-order valence-electron chi connectivity index (χ2n) is 5.70. The highest BCUT2D eigenvalue weighted by Crippen LogP contribution is 2.17. The molecule has 1 aliphatic heterocycles. The highest BCUT2D eigenvalue weighted by atomic mass is 16.5. The maximum absolute atomic E-state index is 5.39. The highest BCUT2D eigenvalue weighted by molar-refractivity contribution is 5.79. The van der Waals surface area contributed by atoms with Crippen molar-refractivity contribution >= 4 is 5.96 Å². The molecule has 2 heterocycles. The third-order valence-electron chi connectivity index (χ3n) is 3.93. The minimum absolute atomic E-state index is 0.785. The molecule has 118 valence electrons. The lowest BCUT2D eigenvalue weighted by Gasteiger charge is -2.24. The molecule has 0 radical (unpaired) electrons. The van der Waals surface area contributed by atoms with Gasteiger partial charge in [0, 0.05) is 59.2 Å². The van der Waals surface area contributed by atoms with Crippen molar-refractivity contribution in [2.24, 2.45) is 18.0 Å². The fraction of sp³-hybridized carbons (Fsp3) is 0.733.